The number of hydrogen-bond donors (Lipinski definition) is 0. The molecule has 0 bridgehead atoms. The molecule has 3 rings (SSSR count). The second-order valence-corrected chi connectivity index (χ2v) is 4.16. The van der Waals surface area contributed by atoms with E-state index in [9.17, 15) is 0 Å². The van der Waals surface area contributed by atoms with Gasteiger partial charge in [0, 0.05) is 5.92 Å². The van der Waals surface area contributed by atoms with E-state index in [1.54, 1.807) is 0 Å². The van der Waals surface area contributed by atoms with Crippen molar-refractivity contribution >= 4 is 17.8 Å². The fourth-order valence-electron chi connectivity index (χ4n) is 1.80. The Morgan fingerprint density at radius 1 is 1.64 bits per heavy atom. The molecule has 1 fully saturated rings. The summed E-state index contributed by atoms with van der Waals surface area (Å²) in [5.41, 5.74) is 2.78. The molecule has 0 aliphatic heterocycles. The lowest BCUT2D eigenvalue weighted by Crippen LogP contribution is -1.99. The predicted octanol–water partition coefficient (Wildman–Crippen LogP) is 2.06. The van der Waals surface area contributed by atoms with Gasteiger partial charge in [-0.05, 0) is 17.9 Å². The van der Waals surface area contributed by atoms with Gasteiger partial charge in [-0.15, -0.1) is 0 Å². The molecule has 2 atom stereocenters. The summed E-state index contributed by atoms with van der Waals surface area (Å²) in [5, 5.41) is 0. The normalized spacial score (nSPS) is 38.1. The number of aromatic nitrogens is 2. The van der Waals surface area contributed by atoms with Crippen molar-refractivity contribution in [3.05, 3.63) is 17.5 Å². The van der Waals surface area contributed by atoms with Crippen LogP contribution in [-0.2, 0) is 0 Å². The molecule has 3 heteroatoms. The van der Waals surface area contributed by atoms with E-state index in [-0.39, 0.29) is 0 Å². The fraction of sp³-hybridized carbons (Fsp3) is 0.500. The number of rotatable bonds is 0. The van der Waals surface area contributed by atoms with E-state index < -0.39 is 0 Å². The molecular weight excluding hydrogens is 156 g/mol. The molecule has 2 nitrogen and oxygen atoms in total. The van der Waals surface area contributed by atoms with Crippen molar-refractivity contribution in [3.63, 3.8) is 0 Å². The Hall–Kier alpha value is -0.700. The van der Waals surface area contributed by atoms with Gasteiger partial charge in [0.2, 0.25) is 0 Å². The highest BCUT2D eigenvalue weighted by atomic mass is 32.1. The Bertz CT molecular complexity index is 342. The molecule has 0 spiro atoms. The van der Waals surface area contributed by atoms with Gasteiger partial charge in [0.15, 0.2) is 0 Å². The van der Waals surface area contributed by atoms with Crippen LogP contribution in [0.2, 0.25) is 0 Å². The molecule has 11 heavy (non-hydrogen) atoms. The molecule has 2 unspecified atom stereocenters. The van der Waals surface area contributed by atoms with Crippen molar-refractivity contribution in [1.29, 1.82) is 0 Å². The smallest absolute Gasteiger partial charge is 0.100 e. The third-order valence-corrected chi connectivity index (χ3v) is 3.33. The summed E-state index contributed by atoms with van der Waals surface area (Å²) < 4.78 is 8.51. The van der Waals surface area contributed by atoms with Crippen molar-refractivity contribution in [3.8, 4) is 0 Å². The second kappa shape index (κ2) is 1.55. The maximum atomic E-state index is 4.30. The van der Waals surface area contributed by atoms with Gasteiger partial charge in [-0.1, -0.05) is 13.0 Å². The second-order valence-electron chi connectivity index (χ2n) is 3.63. The lowest BCUT2D eigenvalue weighted by molar-refractivity contribution is 0.698. The maximum Gasteiger partial charge on any atom is 0.100 e. The average molecular weight is 164 g/mol. The highest BCUT2D eigenvalue weighted by Crippen LogP contribution is 2.62. The standard InChI is InChI=1S/C8H8N2S/c1-8-3-2-6-7(5(8)4-8)10-11-9-6/h2-3,5H,4H2,1H3. The first-order chi connectivity index (χ1) is 5.30. The zero-order chi connectivity index (χ0) is 7.47. The maximum absolute atomic E-state index is 4.30. The summed E-state index contributed by atoms with van der Waals surface area (Å²) in [7, 11) is 0. The first kappa shape index (κ1) is 5.89. The SMILES string of the molecule is CC12C=Cc3nsnc3C1C2. The van der Waals surface area contributed by atoms with Crippen LogP contribution in [0.1, 0.15) is 30.7 Å². The van der Waals surface area contributed by atoms with E-state index in [0.717, 1.165) is 5.69 Å². The average Bonchev–Trinajstić information content (AvgIpc) is 2.50. The molecule has 0 radical (unpaired) electrons. The number of allylic oxidation sites excluding steroid dienone is 1. The topological polar surface area (TPSA) is 25.8 Å². The molecule has 2 aliphatic carbocycles. The van der Waals surface area contributed by atoms with Crippen molar-refractivity contribution < 1.29 is 0 Å². The van der Waals surface area contributed by atoms with Crippen LogP contribution in [0.15, 0.2) is 6.08 Å². The number of nitrogens with zero attached hydrogens (tertiary/aromatic N) is 2. The fourth-order valence-corrected chi connectivity index (χ4v) is 2.40. The molecule has 1 saturated carbocycles. The van der Waals surface area contributed by atoms with Crippen LogP contribution in [0, 0.1) is 5.41 Å². The third kappa shape index (κ3) is 0.619. The minimum absolute atomic E-state index is 0.433. The Morgan fingerprint density at radius 3 is 3.45 bits per heavy atom. The van der Waals surface area contributed by atoms with Crippen LogP contribution in [0.25, 0.3) is 6.08 Å². The summed E-state index contributed by atoms with van der Waals surface area (Å²) in [4.78, 5) is 0. The zero-order valence-corrected chi connectivity index (χ0v) is 7.06. The van der Waals surface area contributed by atoms with Gasteiger partial charge in [-0.3, -0.25) is 0 Å². The molecule has 0 saturated heterocycles. The summed E-state index contributed by atoms with van der Waals surface area (Å²) in [6, 6.07) is 0. The predicted molar refractivity (Wildman–Crippen MR) is 44.4 cm³/mol. The van der Waals surface area contributed by atoms with Crippen LogP contribution in [0.4, 0.5) is 0 Å². The van der Waals surface area contributed by atoms with Crippen molar-refractivity contribution in [1.82, 2.24) is 8.75 Å². The van der Waals surface area contributed by atoms with E-state index >= 15 is 0 Å². The largest absolute Gasteiger partial charge is 0.177 e. The summed E-state index contributed by atoms with van der Waals surface area (Å²) in [6.07, 6.45) is 5.66. The van der Waals surface area contributed by atoms with Gasteiger partial charge < -0.3 is 0 Å². The van der Waals surface area contributed by atoms with Crippen molar-refractivity contribution in [2.45, 2.75) is 19.3 Å². The monoisotopic (exact) mass is 164 g/mol. The summed E-state index contributed by atoms with van der Waals surface area (Å²) >= 11 is 1.33. The quantitative estimate of drug-likeness (QED) is 0.586. The molecule has 1 aromatic heterocycles. The van der Waals surface area contributed by atoms with Gasteiger partial charge in [0.25, 0.3) is 0 Å². The van der Waals surface area contributed by atoms with Gasteiger partial charge in [0.05, 0.1) is 17.4 Å². The van der Waals surface area contributed by atoms with Gasteiger partial charge >= 0.3 is 0 Å². The van der Waals surface area contributed by atoms with E-state index in [1.807, 2.05) is 0 Å². The minimum atomic E-state index is 0.433. The minimum Gasteiger partial charge on any atom is -0.177 e. The summed E-state index contributed by atoms with van der Waals surface area (Å²) in [5.74, 6) is 0.682. The number of fused-ring (bicyclic) bond motifs is 3. The van der Waals surface area contributed by atoms with Crippen LogP contribution in [0.3, 0.4) is 0 Å². The van der Waals surface area contributed by atoms with Crippen molar-refractivity contribution in [2.75, 3.05) is 0 Å². The van der Waals surface area contributed by atoms with Crippen molar-refractivity contribution in [2.24, 2.45) is 5.41 Å². The molecule has 1 heterocycles. The molecule has 0 aromatic carbocycles. The zero-order valence-electron chi connectivity index (χ0n) is 6.24. The lowest BCUT2D eigenvalue weighted by atomic mass is 9.98. The highest BCUT2D eigenvalue weighted by molar-refractivity contribution is 6.99. The van der Waals surface area contributed by atoms with Gasteiger partial charge in [-0.25, -0.2) is 0 Å². The highest BCUT2D eigenvalue weighted by Gasteiger charge is 2.52. The first-order valence-electron chi connectivity index (χ1n) is 3.81. The summed E-state index contributed by atoms with van der Waals surface area (Å²) in [6.45, 7) is 2.29. The van der Waals surface area contributed by atoms with Crippen LogP contribution in [0.5, 0.6) is 0 Å². The van der Waals surface area contributed by atoms with E-state index in [1.165, 1.54) is 23.8 Å². The van der Waals surface area contributed by atoms with Crippen LogP contribution in [-0.4, -0.2) is 8.75 Å². The van der Waals surface area contributed by atoms with E-state index in [2.05, 4.69) is 27.8 Å². The Balaban J connectivity index is 2.22. The Kier molecular flexibility index (Phi) is 0.832. The van der Waals surface area contributed by atoms with Crippen LogP contribution >= 0.6 is 11.7 Å². The van der Waals surface area contributed by atoms with E-state index in [0.29, 0.717) is 11.3 Å². The van der Waals surface area contributed by atoms with E-state index in [4.69, 9.17) is 0 Å². The number of hydrogen-bond acceptors (Lipinski definition) is 3. The van der Waals surface area contributed by atoms with Gasteiger partial charge in [-0.2, -0.15) is 8.75 Å². The Morgan fingerprint density at radius 2 is 2.55 bits per heavy atom. The van der Waals surface area contributed by atoms with Crippen LogP contribution < -0.4 is 0 Å². The Labute approximate surface area is 69.3 Å². The first-order valence-corrected chi connectivity index (χ1v) is 4.54. The lowest BCUT2D eigenvalue weighted by Gasteiger charge is -2.07. The molecule has 2 aliphatic rings. The molecule has 56 valence electrons. The molecule has 0 amide bonds. The molecular formula is C8H8N2S. The molecule has 0 N–H and O–H groups in total. The van der Waals surface area contributed by atoms with Gasteiger partial charge in [0.1, 0.15) is 5.69 Å². The third-order valence-electron chi connectivity index (χ3n) is 2.77. The molecule has 1 aromatic rings.